The molecule has 2 N–H and O–H groups in total. The van der Waals surface area contributed by atoms with Gasteiger partial charge in [0.15, 0.2) is 0 Å². The molecule has 2 unspecified atom stereocenters. The molecule has 0 aromatic rings. The van der Waals surface area contributed by atoms with Crippen LogP contribution in [0.3, 0.4) is 0 Å². The van der Waals surface area contributed by atoms with Crippen molar-refractivity contribution in [1.29, 1.82) is 0 Å². The van der Waals surface area contributed by atoms with E-state index in [0.717, 1.165) is 25.9 Å². The fraction of sp³-hybridized carbons (Fsp3) is 0.917. The molecule has 0 spiro atoms. The molecule has 0 saturated carbocycles. The normalized spacial score (nSPS) is 22.2. The molecule has 0 radical (unpaired) electrons. The summed E-state index contributed by atoms with van der Waals surface area (Å²) in [5.74, 6) is 0.0754. The Hall–Kier alpha value is -0.650. The van der Waals surface area contributed by atoms with Gasteiger partial charge in [0.2, 0.25) is 5.91 Å². The number of hydrogen-bond donors (Lipinski definition) is 1. The minimum atomic E-state index is -0.419. The van der Waals surface area contributed by atoms with Gasteiger partial charge < -0.3 is 20.3 Å². The van der Waals surface area contributed by atoms with E-state index >= 15 is 0 Å². The second-order valence-electron chi connectivity index (χ2n) is 4.98. The monoisotopic (exact) mass is 243 g/mol. The largest absolute Gasteiger partial charge is 0.385 e. The summed E-state index contributed by atoms with van der Waals surface area (Å²) in [7, 11) is 5.69. The standard InChI is InChI=1S/C12H25N3O2/c1-14(2)9-10-5-4-7-15(10)12(16)11(13)6-8-17-3/h10-11H,4-9,13H2,1-3H3. The molecule has 1 aliphatic heterocycles. The fourth-order valence-corrected chi connectivity index (χ4v) is 2.32. The molecule has 0 aromatic carbocycles. The van der Waals surface area contributed by atoms with Crippen LogP contribution in [0, 0.1) is 0 Å². The third-order valence-electron chi connectivity index (χ3n) is 3.19. The van der Waals surface area contributed by atoms with Crippen LogP contribution in [0.1, 0.15) is 19.3 Å². The first-order valence-corrected chi connectivity index (χ1v) is 6.26. The average Bonchev–Trinajstić information content (AvgIpc) is 2.71. The summed E-state index contributed by atoms with van der Waals surface area (Å²) in [6.45, 7) is 2.31. The minimum Gasteiger partial charge on any atom is -0.385 e. The second-order valence-corrected chi connectivity index (χ2v) is 4.98. The van der Waals surface area contributed by atoms with E-state index in [9.17, 15) is 4.79 Å². The first kappa shape index (κ1) is 14.4. The van der Waals surface area contributed by atoms with Crippen LogP contribution in [0.15, 0.2) is 0 Å². The maximum atomic E-state index is 12.2. The molecule has 0 bridgehead atoms. The van der Waals surface area contributed by atoms with Gasteiger partial charge in [-0.05, 0) is 33.4 Å². The maximum absolute atomic E-state index is 12.2. The molecule has 1 heterocycles. The van der Waals surface area contributed by atoms with Crippen molar-refractivity contribution < 1.29 is 9.53 Å². The highest BCUT2D eigenvalue weighted by atomic mass is 16.5. The summed E-state index contributed by atoms with van der Waals surface area (Å²) >= 11 is 0. The molecule has 0 aromatic heterocycles. The third-order valence-corrected chi connectivity index (χ3v) is 3.19. The van der Waals surface area contributed by atoms with Gasteiger partial charge in [0.05, 0.1) is 6.04 Å². The summed E-state index contributed by atoms with van der Waals surface area (Å²) < 4.78 is 4.96. The number of methoxy groups -OCH3 is 1. The molecule has 17 heavy (non-hydrogen) atoms. The van der Waals surface area contributed by atoms with E-state index in [1.807, 2.05) is 19.0 Å². The van der Waals surface area contributed by atoms with Gasteiger partial charge >= 0.3 is 0 Å². The summed E-state index contributed by atoms with van der Waals surface area (Å²) in [6.07, 6.45) is 2.77. The Morgan fingerprint density at radius 2 is 2.29 bits per heavy atom. The average molecular weight is 243 g/mol. The minimum absolute atomic E-state index is 0.0754. The molecule has 1 saturated heterocycles. The van der Waals surface area contributed by atoms with Crippen LogP contribution in [0.2, 0.25) is 0 Å². The molecule has 0 aliphatic carbocycles. The van der Waals surface area contributed by atoms with Gasteiger partial charge in [-0.25, -0.2) is 0 Å². The molecule has 100 valence electrons. The Balaban J connectivity index is 2.49. The SMILES string of the molecule is COCCC(N)C(=O)N1CCCC1CN(C)C. The number of carbonyl (C=O) groups excluding carboxylic acids is 1. The number of rotatable bonds is 6. The second kappa shape index (κ2) is 6.93. The van der Waals surface area contributed by atoms with Crippen molar-refractivity contribution in [3.05, 3.63) is 0 Å². The van der Waals surface area contributed by atoms with Crippen LogP contribution < -0.4 is 5.73 Å². The number of nitrogens with zero attached hydrogens (tertiary/aromatic N) is 2. The van der Waals surface area contributed by atoms with Gasteiger partial charge in [0, 0.05) is 32.8 Å². The highest BCUT2D eigenvalue weighted by Crippen LogP contribution is 2.18. The zero-order chi connectivity index (χ0) is 12.8. The van der Waals surface area contributed by atoms with Crippen molar-refractivity contribution in [2.45, 2.75) is 31.3 Å². The summed E-state index contributed by atoms with van der Waals surface area (Å²) in [6, 6.07) is -0.0937. The number of ether oxygens (including phenoxy) is 1. The van der Waals surface area contributed by atoms with E-state index < -0.39 is 6.04 Å². The number of nitrogens with two attached hydrogens (primary N) is 1. The molecule has 5 nitrogen and oxygen atoms in total. The van der Waals surface area contributed by atoms with E-state index in [0.29, 0.717) is 19.1 Å². The Labute approximate surface area is 104 Å². The summed E-state index contributed by atoms with van der Waals surface area (Å²) in [4.78, 5) is 16.2. The zero-order valence-electron chi connectivity index (χ0n) is 11.2. The predicted octanol–water partition coefficient (Wildman–Crippen LogP) is -0.0972. The van der Waals surface area contributed by atoms with Crippen molar-refractivity contribution in [3.8, 4) is 0 Å². The highest BCUT2D eigenvalue weighted by molar-refractivity contribution is 5.82. The smallest absolute Gasteiger partial charge is 0.239 e. The molecule has 1 amide bonds. The van der Waals surface area contributed by atoms with Crippen molar-refractivity contribution in [3.63, 3.8) is 0 Å². The van der Waals surface area contributed by atoms with Gasteiger partial charge in [-0.15, -0.1) is 0 Å². The van der Waals surface area contributed by atoms with Crippen molar-refractivity contribution in [2.75, 3.05) is 40.9 Å². The number of amides is 1. The first-order chi connectivity index (χ1) is 8.06. The Morgan fingerprint density at radius 1 is 1.59 bits per heavy atom. The summed E-state index contributed by atoms with van der Waals surface area (Å²) in [5.41, 5.74) is 5.89. The van der Waals surface area contributed by atoms with Gasteiger partial charge in [0.1, 0.15) is 0 Å². The van der Waals surface area contributed by atoms with E-state index in [2.05, 4.69) is 4.90 Å². The molecule has 2 atom stereocenters. The number of likely N-dealkylation sites (N-methyl/N-ethyl adjacent to an activating group) is 1. The first-order valence-electron chi connectivity index (χ1n) is 6.26. The van der Waals surface area contributed by atoms with Crippen LogP contribution in [0.4, 0.5) is 0 Å². The highest BCUT2D eigenvalue weighted by Gasteiger charge is 2.31. The Morgan fingerprint density at radius 3 is 2.88 bits per heavy atom. The number of hydrogen-bond acceptors (Lipinski definition) is 4. The lowest BCUT2D eigenvalue weighted by Crippen LogP contribution is -2.48. The van der Waals surface area contributed by atoms with Crippen LogP contribution in [-0.2, 0) is 9.53 Å². The van der Waals surface area contributed by atoms with Gasteiger partial charge in [-0.1, -0.05) is 0 Å². The van der Waals surface area contributed by atoms with E-state index in [-0.39, 0.29) is 5.91 Å². The van der Waals surface area contributed by atoms with Crippen LogP contribution in [0.5, 0.6) is 0 Å². The molecular formula is C12H25N3O2. The van der Waals surface area contributed by atoms with Crippen molar-refractivity contribution in [2.24, 2.45) is 5.73 Å². The number of likely N-dealkylation sites (tertiary alicyclic amines) is 1. The van der Waals surface area contributed by atoms with Gasteiger partial charge in [0.25, 0.3) is 0 Å². The fourth-order valence-electron chi connectivity index (χ4n) is 2.32. The zero-order valence-corrected chi connectivity index (χ0v) is 11.2. The predicted molar refractivity (Wildman–Crippen MR) is 67.8 cm³/mol. The lowest BCUT2D eigenvalue weighted by Gasteiger charge is -2.29. The van der Waals surface area contributed by atoms with Crippen LogP contribution in [0.25, 0.3) is 0 Å². The third kappa shape index (κ3) is 4.26. The number of carbonyl (C=O) groups is 1. The Kier molecular flexibility index (Phi) is 5.88. The lowest BCUT2D eigenvalue weighted by molar-refractivity contribution is -0.134. The molecule has 5 heteroatoms. The topological polar surface area (TPSA) is 58.8 Å². The van der Waals surface area contributed by atoms with Crippen molar-refractivity contribution in [1.82, 2.24) is 9.80 Å². The maximum Gasteiger partial charge on any atom is 0.239 e. The van der Waals surface area contributed by atoms with Crippen molar-refractivity contribution >= 4 is 5.91 Å². The van der Waals surface area contributed by atoms with Gasteiger partial charge in [-0.3, -0.25) is 4.79 Å². The van der Waals surface area contributed by atoms with Crippen LogP contribution in [-0.4, -0.2) is 68.7 Å². The van der Waals surface area contributed by atoms with Gasteiger partial charge in [-0.2, -0.15) is 0 Å². The Bertz CT molecular complexity index is 246. The van der Waals surface area contributed by atoms with E-state index in [4.69, 9.17) is 10.5 Å². The quantitative estimate of drug-likeness (QED) is 0.708. The lowest BCUT2D eigenvalue weighted by atomic mass is 10.1. The molecular weight excluding hydrogens is 218 g/mol. The van der Waals surface area contributed by atoms with Crippen LogP contribution >= 0.6 is 0 Å². The van der Waals surface area contributed by atoms with E-state index in [1.165, 1.54) is 0 Å². The van der Waals surface area contributed by atoms with E-state index in [1.54, 1.807) is 7.11 Å². The molecule has 1 rings (SSSR count). The molecule has 1 fully saturated rings. The summed E-state index contributed by atoms with van der Waals surface area (Å²) in [5, 5.41) is 0. The molecule has 1 aliphatic rings.